The molecule has 0 radical (unpaired) electrons. The zero-order valence-electron chi connectivity index (χ0n) is 15.6. The highest BCUT2D eigenvalue weighted by molar-refractivity contribution is 7.86. The summed E-state index contributed by atoms with van der Waals surface area (Å²) in [6.07, 6.45) is -3.36. The Morgan fingerprint density at radius 1 is 0.963 bits per heavy atom. The molecule has 0 aliphatic carbocycles. The lowest BCUT2D eigenvalue weighted by Crippen LogP contribution is -2.55. The van der Waals surface area contributed by atoms with Crippen LogP contribution in [-0.4, -0.2) is 56.3 Å². The fourth-order valence-electron chi connectivity index (χ4n) is 4.01. The number of halogens is 3. The third kappa shape index (κ3) is 4.57. The number of alkyl halides is 3. The molecule has 2 aliphatic heterocycles. The SMILES string of the molecule is C[C@@H]1C[C@@H](C)CN(S(=O)(=O)N2CCN(c3cccc(C(F)(F)F)c3)CC2)C1. The third-order valence-electron chi connectivity index (χ3n) is 5.27. The molecule has 2 fully saturated rings. The summed E-state index contributed by atoms with van der Waals surface area (Å²) in [5.41, 5.74) is -0.214. The largest absolute Gasteiger partial charge is 0.416 e. The predicted molar refractivity (Wildman–Crippen MR) is 98.7 cm³/mol. The summed E-state index contributed by atoms with van der Waals surface area (Å²) in [4.78, 5) is 1.81. The van der Waals surface area contributed by atoms with Crippen molar-refractivity contribution < 1.29 is 21.6 Å². The number of anilines is 1. The van der Waals surface area contributed by atoms with Crippen LogP contribution in [0.2, 0.25) is 0 Å². The minimum atomic E-state index is -4.39. The molecule has 0 unspecified atom stereocenters. The normalized spacial score (nSPS) is 26.3. The van der Waals surface area contributed by atoms with Gasteiger partial charge in [0.1, 0.15) is 0 Å². The lowest BCUT2D eigenvalue weighted by molar-refractivity contribution is -0.137. The van der Waals surface area contributed by atoms with Gasteiger partial charge >= 0.3 is 6.18 Å². The highest BCUT2D eigenvalue weighted by Gasteiger charge is 2.36. The summed E-state index contributed by atoms with van der Waals surface area (Å²) >= 11 is 0. The quantitative estimate of drug-likeness (QED) is 0.777. The second-order valence-electron chi connectivity index (χ2n) is 7.70. The van der Waals surface area contributed by atoms with Gasteiger partial charge in [-0.25, -0.2) is 0 Å². The van der Waals surface area contributed by atoms with E-state index in [2.05, 4.69) is 13.8 Å². The number of piperazine rings is 1. The van der Waals surface area contributed by atoms with E-state index in [-0.39, 0.29) is 13.1 Å². The van der Waals surface area contributed by atoms with E-state index < -0.39 is 21.9 Å². The van der Waals surface area contributed by atoms with Gasteiger partial charge in [0.15, 0.2) is 0 Å². The Balaban J connectivity index is 1.67. The molecule has 0 bridgehead atoms. The highest BCUT2D eigenvalue weighted by Crippen LogP contribution is 2.32. The molecule has 9 heteroatoms. The van der Waals surface area contributed by atoms with Gasteiger partial charge in [-0.05, 0) is 36.5 Å². The molecule has 1 aromatic rings. The van der Waals surface area contributed by atoms with Crippen LogP contribution in [0.25, 0.3) is 0 Å². The van der Waals surface area contributed by atoms with Crippen LogP contribution in [0.4, 0.5) is 18.9 Å². The van der Waals surface area contributed by atoms with Crippen molar-refractivity contribution in [3.63, 3.8) is 0 Å². The maximum atomic E-state index is 12.9. The van der Waals surface area contributed by atoms with Gasteiger partial charge in [0, 0.05) is 45.0 Å². The predicted octanol–water partition coefficient (Wildman–Crippen LogP) is 3.05. The summed E-state index contributed by atoms with van der Waals surface area (Å²) < 4.78 is 67.6. The summed E-state index contributed by atoms with van der Waals surface area (Å²) in [5, 5.41) is 0. The first kappa shape index (κ1) is 20.4. The van der Waals surface area contributed by atoms with Gasteiger partial charge in [-0.1, -0.05) is 19.9 Å². The Bertz CT molecular complexity index is 751. The van der Waals surface area contributed by atoms with Gasteiger partial charge in [0.25, 0.3) is 10.2 Å². The molecular formula is C18H26F3N3O2S. The van der Waals surface area contributed by atoms with Crippen LogP contribution in [0.15, 0.2) is 24.3 Å². The van der Waals surface area contributed by atoms with E-state index in [1.54, 1.807) is 10.4 Å². The molecule has 2 heterocycles. The second kappa shape index (κ2) is 7.60. The van der Waals surface area contributed by atoms with E-state index in [1.165, 1.54) is 10.4 Å². The lowest BCUT2D eigenvalue weighted by Gasteiger charge is -2.40. The molecule has 27 heavy (non-hydrogen) atoms. The van der Waals surface area contributed by atoms with E-state index in [1.807, 2.05) is 4.90 Å². The molecule has 2 aliphatic rings. The van der Waals surface area contributed by atoms with Crippen LogP contribution in [0, 0.1) is 11.8 Å². The molecule has 3 rings (SSSR count). The van der Waals surface area contributed by atoms with Crippen molar-refractivity contribution in [3.8, 4) is 0 Å². The van der Waals surface area contributed by atoms with E-state index in [9.17, 15) is 21.6 Å². The Labute approximate surface area is 158 Å². The van der Waals surface area contributed by atoms with Gasteiger partial charge in [-0.2, -0.15) is 30.2 Å². The first-order valence-electron chi connectivity index (χ1n) is 9.25. The van der Waals surface area contributed by atoms with Crippen molar-refractivity contribution in [1.29, 1.82) is 0 Å². The molecule has 2 saturated heterocycles. The second-order valence-corrected chi connectivity index (χ2v) is 9.63. The Kier molecular flexibility index (Phi) is 5.74. The maximum Gasteiger partial charge on any atom is 0.416 e. The van der Waals surface area contributed by atoms with Crippen molar-refractivity contribution in [3.05, 3.63) is 29.8 Å². The van der Waals surface area contributed by atoms with Crippen molar-refractivity contribution in [2.75, 3.05) is 44.2 Å². The number of hydrogen-bond acceptors (Lipinski definition) is 3. The molecule has 0 spiro atoms. The number of rotatable bonds is 3. The van der Waals surface area contributed by atoms with E-state index in [4.69, 9.17) is 0 Å². The van der Waals surface area contributed by atoms with Crippen LogP contribution in [-0.2, 0) is 16.4 Å². The van der Waals surface area contributed by atoms with Crippen molar-refractivity contribution in [1.82, 2.24) is 8.61 Å². The average molecular weight is 405 g/mol. The summed E-state index contributed by atoms with van der Waals surface area (Å²) in [7, 11) is -3.53. The first-order valence-corrected chi connectivity index (χ1v) is 10.6. The van der Waals surface area contributed by atoms with E-state index >= 15 is 0 Å². The molecule has 0 amide bonds. The number of piperidine rings is 1. The molecule has 5 nitrogen and oxygen atoms in total. The van der Waals surface area contributed by atoms with Crippen molar-refractivity contribution >= 4 is 15.9 Å². The summed E-state index contributed by atoms with van der Waals surface area (Å²) in [6, 6.07) is 5.19. The van der Waals surface area contributed by atoms with Gasteiger partial charge in [-0.3, -0.25) is 0 Å². The molecule has 2 atom stereocenters. The zero-order valence-corrected chi connectivity index (χ0v) is 16.4. The molecule has 1 aromatic carbocycles. The average Bonchev–Trinajstić information content (AvgIpc) is 2.60. The molecule has 0 aromatic heterocycles. The van der Waals surface area contributed by atoms with Gasteiger partial charge in [0.05, 0.1) is 5.56 Å². The summed E-state index contributed by atoms with van der Waals surface area (Å²) in [6.45, 7) is 6.48. The van der Waals surface area contributed by atoms with Crippen molar-refractivity contribution in [2.45, 2.75) is 26.4 Å². The topological polar surface area (TPSA) is 43.9 Å². The third-order valence-corrected chi connectivity index (χ3v) is 7.23. The molecular weight excluding hydrogens is 379 g/mol. The monoisotopic (exact) mass is 405 g/mol. The minimum absolute atomic E-state index is 0.276. The van der Waals surface area contributed by atoms with E-state index in [0.717, 1.165) is 18.6 Å². The number of nitrogens with zero attached hydrogens (tertiary/aromatic N) is 3. The van der Waals surface area contributed by atoms with Crippen LogP contribution in [0.5, 0.6) is 0 Å². The molecule has 0 N–H and O–H groups in total. The van der Waals surface area contributed by atoms with E-state index in [0.29, 0.717) is 43.7 Å². The molecule has 0 saturated carbocycles. The van der Waals surface area contributed by atoms with Gasteiger partial charge in [0.2, 0.25) is 0 Å². The number of benzene rings is 1. The zero-order chi connectivity index (χ0) is 19.8. The Morgan fingerprint density at radius 3 is 2.11 bits per heavy atom. The minimum Gasteiger partial charge on any atom is -0.369 e. The smallest absolute Gasteiger partial charge is 0.369 e. The fourth-order valence-corrected chi connectivity index (χ4v) is 5.85. The Hall–Kier alpha value is -1.32. The summed E-state index contributed by atoms with van der Waals surface area (Å²) in [5.74, 6) is 0.657. The fraction of sp³-hybridized carbons (Fsp3) is 0.667. The Morgan fingerprint density at radius 2 is 1.56 bits per heavy atom. The van der Waals surface area contributed by atoms with Gasteiger partial charge < -0.3 is 4.90 Å². The van der Waals surface area contributed by atoms with Crippen LogP contribution < -0.4 is 4.90 Å². The maximum absolute atomic E-state index is 12.9. The van der Waals surface area contributed by atoms with Crippen molar-refractivity contribution in [2.24, 2.45) is 11.8 Å². The van der Waals surface area contributed by atoms with Gasteiger partial charge in [-0.15, -0.1) is 0 Å². The first-order chi connectivity index (χ1) is 12.6. The van der Waals surface area contributed by atoms with Crippen LogP contribution in [0.3, 0.4) is 0 Å². The standard InChI is InChI=1S/C18H26F3N3O2S/c1-14-10-15(2)13-24(12-14)27(25,26)23-8-6-22(7-9-23)17-5-3-4-16(11-17)18(19,20)21/h3-5,11,14-15H,6-10,12-13H2,1-2H3/t14-,15-/m1/s1. The highest BCUT2D eigenvalue weighted by atomic mass is 32.2. The number of hydrogen-bond donors (Lipinski definition) is 0. The molecule has 152 valence electrons. The van der Waals surface area contributed by atoms with Crippen LogP contribution in [0.1, 0.15) is 25.8 Å². The lowest BCUT2D eigenvalue weighted by atomic mass is 9.94. The van der Waals surface area contributed by atoms with Crippen LogP contribution >= 0.6 is 0 Å².